The molecule has 1 aliphatic rings. The molecule has 2 aromatic heterocycles. The van der Waals surface area contributed by atoms with Crippen LogP contribution in [0.4, 0.5) is 10.5 Å². The molecule has 0 bridgehead atoms. The number of benzene rings is 1. The first-order valence-corrected chi connectivity index (χ1v) is 9.84. The number of nitrogens with one attached hydrogen (secondary N) is 1. The SMILES string of the molecule is COc1ccc(N2C(=O)NC(=O)/C(=C/c3ccc(SCc4ccco4)o3)C2=O)cc1. The molecule has 1 aliphatic heterocycles. The fourth-order valence-electron chi connectivity index (χ4n) is 2.79. The zero-order chi connectivity index (χ0) is 21.1. The van der Waals surface area contributed by atoms with Gasteiger partial charge in [0.1, 0.15) is 22.8 Å². The van der Waals surface area contributed by atoms with Crippen LogP contribution in [-0.2, 0) is 15.3 Å². The fraction of sp³-hybridized carbons (Fsp3) is 0.0952. The van der Waals surface area contributed by atoms with Crippen molar-refractivity contribution in [1.82, 2.24) is 5.32 Å². The third-order valence-electron chi connectivity index (χ3n) is 4.26. The van der Waals surface area contributed by atoms with E-state index in [0.29, 0.717) is 28.0 Å². The summed E-state index contributed by atoms with van der Waals surface area (Å²) in [5.41, 5.74) is 0.105. The Morgan fingerprint density at radius 3 is 2.60 bits per heavy atom. The zero-order valence-corrected chi connectivity index (χ0v) is 16.6. The molecule has 8 nitrogen and oxygen atoms in total. The maximum Gasteiger partial charge on any atom is 0.335 e. The molecule has 0 radical (unpaired) electrons. The third kappa shape index (κ3) is 4.01. The third-order valence-corrected chi connectivity index (χ3v) is 5.19. The first kappa shape index (κ1) is 19.6. The zero-order valence-electron chi connectivity index (χ0n) is 15.8. The Morgan fingerprint density at radius 2 is 1.90 bits per heavy atom. The number of ether oxygens (including phenoxy) is 1. The molecular weight excluding hydrogens is 408 g/mol. The molecule has 0 atom stereocenters. The molecule has 0 aliphatic carbocycles. The van der Waals surface area contributed by atoms with Gasteiger partial charge in [-0.05, 0) is 54.6 Å². The summed E-state index contributed by atoms with van der Waals surface area (Å²) in [6.45, 7) is 0. The highest BCUT2D eigenvalue weighted by atomic mass is 32.2. The first-order chi connectivity index (χ1) is 14.5. The standard InChI is InChI=1S/C21H16N2O6S/c1-27-14-6-4-13(5-7-14)23-20(25)17(19(24)22-21(23)26)11-15-8-9-18(29-15)30-12-16-3-2-10-28-16/h2-11H,12H2,1H3,(H,22,24,26)/b17-11-. The minimum atomic E-state index is -0.818. The molecule has 0 saturated carbocycles. The van der Waals surface area contributed by atoms with Crippen molar-refractivity contribution in [2.24, 2.45) is 0 Å². The Hall–Kier alpha value is -3.72. The number of thioether (sulfide) groups is 1. The predicted molar refractivity (Wildman–Crippen MR) is 109 cm³/mol. The van der Waals surface area contributed by atoms with Crippen LogP contribution in [0, 0.1) is 0 Å². The largest absolute Gasteiger partial charge is 0.497 e. The molecule has 152 valence electrons. The molecule has 1 aromatic carbocycles. The summed E-state index contributed by atoms with van der Waals surface area (Å²) < 4.78 is 16.0. The van der Waals surface area contributed by atoms with Crippen molar-refractivity contribution in [3.8, 4) is 5.75 Å². The van der Waals surface area contributed by atoms with E-state index in [1.54, 1.807) is 48.7 Å². The second-order valence-electron chi connectivity index (χ2n) is 6.18. The maximum atomic E-state index is 12.9. The number of barbiturate groups is 1. The number of carbonyl (C=O) groups excluding carboxylic acids is 3. The van der Waals surface area contributed by atoms with Crippen molar-refractivity contribution in [3.63, 3.8) is 0 Å². The number of nitrogens with zero attached hydrogens (tertiary/aromatic N) is 1. The van der Waals surface area contributed by atoms with Crippen LogP contribution in [-0.4, -0.2) is 25.0 Å². The molecular formula is C21H16N2O6S. The Bertz CT molecular complexity index is 1110. The second-order valence-corrected chi connectivity index (χ2v) is 7.16. The Kier molecular flexibility index (Phi) is 5.44. The van der Waals surface area contributed by atoms with Gasteiger partial charge >= 0.3 is 6.03 Å². The van der Waals surface area contributed by atoms with Crippen LogP contribution < -0.4 is 15.0 Å². The molecule has 4 amide bonds. The van der Waals surface area contributed by atoms with Gasteiger partial charge in [0, 0.05) is 0 Å². The van der Waals surface area contributed by atoms with Crippen LogP contribution in [0.1, 0.15) is 11.5 Å². The van der Waals surface area contributed by atoms with Crippen LogP contribution >= 0.6 is 11.8 Å². The van der Waals surface area contributed by atoms with Gasteiger partial charge in [-0.15, -0.1) is 0 Å². The van der Waals surface area contributed by atoms with E-state index in [1.165, 1.54) is 24.9 Å². The van der Waals surface area contributed by atoms with Gasteiger partial charge in [0.05, 0.1) is 24.8 Å². The number of methoxy groups -OCH3 is 1. The van der Waals surface area contributed by atoms with Gasteiger partial charge in [0.15, 0.2) is 5.09 Å². The van der Waals surface area contributed by atoms with E-state index in [9.17, 15) is 14.4 Å². The van der Waals surface area contributed by atoms with E-state index in [2.05, 4.69) is 5.32 Å². The molecule has 0 unspecified atom stereocenters. The minimum Gasteiger partial charge on any atom is -0.497 e. The molecule has 3 heterocycles. The Balaban J connectivity index is 1.54. The smallest absolute Gasteiger partial charge is 0.335 e. The average Bonchev–Trinajstić information content (AvgIpc) is 3.42. The summed E-state index contributed by atoms with van der Waals surface area (Å²) in [7, 11) is 1.51. The summed E-state index contributed by atoms with van der Waals surface area (Å²) in [6, 6.07) is 12.6. The summed E-state index contributed by atoms with van der Waals surface area (Å²) in [5, 5.41) is 2.78. The summed E-state index contributed by atoms with van der Waals surface area (Å²) >= 11 is 1.41. The van der Waals surface area contributed by atoms with E-state index in [0.717, 1.165) is 10.7 Å². The average molecular weight is 424 g/mol. The van der Waals surface area contributed by atoms with Crippen LogP contribution in [0.5, 0.6) is 5.75 Å². The quantitative estimate of drug-likeness (QED) is 0.364. The highest BCUT2D eigenvalue weighted by Crippen LogP contribution is 2.28. The lowest BCUT2D eigenvalue weighted by Crippen LogP contribution is -2.54. The van der Waals surface area contributed by atoms with Crippen molar-refractivity contribution in [2.75, 3.05) is 12.0 Å². The van der Waals surface area contributed by atoms with E-state index >= 15 is 0 Å². The molecule has 3 aromatic rings. The summed E-state index contributed by atoms with van der Waals surface area (Å²) in [6.07, 6.45) is 2.91. The topological polar surface area (TPSA) is 102 Å². The van der Waals surface area contributed by atoms with Crippen LogP contribution in [0.2, 0.25) is 0 Å². The van der Waals surface area contributed by atoms with Crippen molar-refractivity contribution >= 4 is 41.4 Å². The van der Waals surface area contributed by atoms with E-state index in [4.69, 9.17) is 13.6 Å². The number of anilines is 1. The molecule has 1 N–H and O–H groups in total. The minimum absolute atomic E-state index is 0.206. The van der Waals surface area contributed by atoms with Gasteiger partial charge in [0.2, 0.25) is 0 Å². The lowest BCUT2D eigenvalue weighted by molar-refractivity contribution is -0.122. The molecule has 1 saturated heterocycles. The highest BCUT2D eigenvalue weighted by Gasteiger charge is 2.37. The number of rotatable bonds is 6. The lowest BCUT2D eigenvalue weighted by Gasteiger charge is -2.26. The summed E-state index contributed by atoms with van der Waals surface area (Å²) in [5.74, 6) is 0.748. The first-order valence-electron chi connectivity index (χ1n) is 8.85. The normalized spacial score (nSPS) is 15.6. The molecule has 0 spiro atoms. The highest BCUT2D eigenvalue weighted by molar-refractivity contribution is 7.98. The van der Waals surface area contributed by atoms with Gasteiger partial charge < -0.3 is 13.6 Å². The van der Waals surface area contributed by atoms with Gasteiger partial charge in [-0.1, -0.05) is 11.8 Å². The number of furan rings is 2. The Labute approximate surface area is 175 Å². The Morgan fingerprint density at radius 1 is 1.10 bits per heavy atom. The molecule has 1 fully saturated rings. The van der Waals surface area contributed by atoms with E-state index in [-0.39, 0.29) is 5.57 Å². The van der Waals surface area contributed by atoms with Gasteiger partial charge in [-0.2, -0.15) is 0 Å². The lowest BCUT2D eigenvalue weighted by atomic mass is 10.1. The number of carbonyl (C=O) groups is 3. The van der Waals surface area contributed by atoms with Crippen molar-refractivity contribution in [3.05, 3.63) is 71.9 Å². The number of amides is 4. The monoisotopic (exact) mass is 424 g/mol. The number of hydrogen-bond acceptors (Lipinski definition) is 7. The van der Waals surface area contributed by atoms with Crippen LogP contribution in [0.25, 0.3) is 6.08 Å². The van der Waals surface area contributed by atoms with Crippen LogP contribution in [0.3, 0.4) is 0 Å². The van der Waals surface area contributed by atoms with Crippen molar-refractivity contribution in [2.45, 2.75) is 10.8 Å². The number of urea groups is 1. The molecule has 9 heteroatoms. The fourth-order valence-corrected chi connectivity index (χ4v) is 3.56. The van der Waals surface area contributed by atoms with Gasteiger partial charge in [0.25, 0.3) is 11.8 Å². The molecule has 30 heavy (non-hydrogen) atoms. The number of hydrogen-bond donors (Lipinski definition) is 1. The van der Waals surface area contributed by atoms with E-state index < -0.39 is 17.8 Å². The van der Waals surface area contributed by atoms with Gasteiger partial charge in [-0.25, -0.2) is 9.69 Å². The summed E-state index contributed by atoms with van der Waals surface area (Å²) in [4.78, 5) is 38.3. The molecule has 4 rings (SSSR count). The predicted octanol–water partition coefficient (Wildman–Crippen LogP) is 3.84. The maximum absolute atomic E-state index is 12.9. The second kappa shape index (κ2) is 8.34. The van der Waals surface area contributed by atoms with E-state index in [1.807, 2.05) is 6.07 Å². The van der Waals surface area contributed by atoms with Crippen LogP contribution in [0.15, 0.2) is 74.3 Å². The number of imide groups is 2. The van der Waals surface area contributed by atoms with Crippen molar-refractivity contribution in [1.29, 1.82) is 0 Å². The van der Waals surface area contributed by atoms with Crippen molar-refractivity contribution < 1.29 is 28.0 Å². The van der Waals surface area contributed by atoms with Gasteiger partial charge in [-0.3, -0.25) is 14.9 Å².